The van der Waals surface area contributed by atoms with Gasteiger partial charge in [0.15, 0.2) is 0 Å². The maximum Gasteiger partial charge on any atom is 0.259 e. The van der Waals surface area contributed by atoms with Gasteiger partial charge in [-0.1, -0.05) is 30.3 Å². The second-order valence-electron chi connectivity index (χ2n) is 7.22. The van der Waals surface area contributed by atoms with Gasteiger partial charge in [-0.3, -0.25) is 19.6 Å². The normalized spacial score (nSPS) is 11.2. The molecule has 0 fully saturated rings. The molecular formula is C25H22N6O2. The third kappa shape index (κ3) is 4.85. The van der Waals surface area contributed by atoms with Crippen molar-refractivity contribution in [3.63, 3.8) is 0 Å². The Kier molecular flexibility index (Phi) is 6.36. The van der Waals surface area contributed by atoms with Gasteiger partial charge in [-0.2, -0.15) is 5.10 Å². The SMILES string of the molecule is C/C(=N\Nc1ccccc1)c1cc(=O)n(-c2ccccn2)c(C)c1C(=O)Nc1ccccn1. The predicted molar refractivity (Wildman–Crippen MR) is 129 cm³/mol. The summed E-state index contributed by atoms with van der Waals surface area (Å²) in [5, 5.41) is 7.21. The van der Waals surface area contributed by atoms with Crippen molar-refractivity contribution in [2.75, 3.05) is 10.7 Å². The third-order valence-corrected chi connectivity index (χ3v) is 4.98. The van der Waals surface area contributed by atoms with Gasteiger partial charge in [0.25, 0.3) is 11.5 Å². The van der Waals surface area contributed by atoms with E-state index in [1.165, 1.54) is 10.6 Å². The van der Waals surface area contributed by atoms with Crippen LogP contribution in [0.3, 0.4) is 0 Å². The van der Waals surface area contributed by atoms with Crippen LogP contribution in [0.15, 0.2) is 95.1 Å². The summed E-state index contributed by atoms with van der Waals surface area (Å²) in [4.78, 5) is 34.9. The second-order valence-corrected chi connectivity index (χ2v) is 7.22. The van der Waals surface area contributed by atoms with Crippen LogP contribution in [0.25, 0.3) is 5.82 Å². The van der Waals surface area contributed by atoms with Gasteiger partial charge in [-0.05, 0) is 50.2 Å². The zero-order valence-corrected chi connectivity index (χ0v) is 18.2. The van der Waals surface area contributed by atoms with Crippen LogP contribution in [0, 0.1) is 6.92 Å². The number of carbonyl (C=O) groups is 1. The van der Waals surface area contributed by atoms with Gasteiger partial charge >= 0.3 is 0 Å². The van der Waals surface area contributed by atoms with Crippen molar-refractivity contribution in [3.05, 3.63) is 112 Å². The van der Waals surface area contributed by atoms with Crippen LogP contribution in [0.2, 0.25) is 0 Å². The molecule has 0 radical (unpaired) electrons. The molecular weight excluding hydrogens is 416 g/mol. The highest BCUT2D eigenvalue weighted by atomic mass is 16.2. The Morgan fingerprint density at radius 2 is 1.64 bits per heavy atom. The van der Waals surface area contributed by atoms with E-state index in [2.05, 4.69) is 25.8 Å². The summed E-state index contributed by atoms with van der Waals surface area (Å²) >= 11 is 0. The lowest BCUT2D eigenvalue weighted by Gasteiger charge is -2.17. The molecule has 33 heavy (non-hydrogen) atoms. The molecule has 1 amide bonds. The van der Waals surface area contributed by atoms with Crippen LogP contribution < -0.4 is 16.3 Å². The van der Waals surface area contributed by atoms with Crippen LogP contribution in [-0.4, -0.2) is 26.2 Å². The number of hydrogen-bond donors (Lipinski definition) is 2. The first-order valence-electron chi connectivity index (χ1n) is 10.3. The van der Waals surface area contributed by atoms with E-state index in [9.17, 15) is 9.59 Å². The lowest BCUT2D eigenvalue weighted by atomic mass is 10.0. The van der Waals surface area contributed by atoms with Crippen molar-refractivity contribution >= 4 is 23.1 Å². The zero-order valence-electron chi connectivity index (χ0n) is 18.2. The third-order valence-electron chi connectivity index (χ3n) is 4.98. The predicted octanol–water partition coefficient (Wildman–Crippen LogP) is 4.02. The fourth-order valence-electron chi connectivity index (χ4n) is 3.41. The standard InChI is InChI=1S/C25H22N6O2/c1-17(29-30-19-10-4-3-5-11-19)20-16-23(32)31(22-13-7-9-15-27-22)18(2)24(20)25(33)28-21-12-6-8-14-26-21/h3-16,30H,1-2H3,(H,26,28,33)/b29-17+. The van der Waals surface area contributed by atoms with Crippen molar-refractivity contribution in [1.29, 1.82) is 0 Å². The number of aromatic nitrogens is 3. The first kappa shape index (κ1) is 21.6. The number of amides is 1. The van der Waals surface area contributed by atoms with Crippen molar-refractivity contribution in [2.24, 2.45) is 5.10 Å². The highest BCUT2D eigenvalue weighted by molar-refractivity contribution is 6.14. The molecule has 0 atom stereocenters. The Balaban J connectivity index is 1.82. The van der Waals surface area contributed by atoms with Crippen LogP contribution >= 0.6 is 0 Å². The maximum atomic E-state index is 13.4. The molecule has 0 aliphatic carbocycles. The molecule has 8 nitrogen and oxygen atoms in total. The number of rotatable bonds is 6. The molecule has 8 heteroatoms. The summed E-state index contributed by atoms with van der Waals surface area (Å²) in [6, 6.07) is 21.3. The van der Waals surface area contributed by atoms with E-state index in [1.807, 2.05) is 30.3 Å². The van der Waals surface area contributed by atoms with Gasteiger partial charge in [0.2, 0.25) is 0 Å². The number of hydrazone groups is 1. The van der Waals surface area contributed by atoms with Crippen molar-refractivity contribution in [2.45, 2.75) is 13.8 Å². The van der Waals surface area contributed by atoms with Gasteiger partial charge in [-0.25, -0.2) is 9.97 Å². The number of nitrogens with one attached hydrogen (secondary N) is 2. The smallest absolute Gasteiger partial charge is 0.259 e. The van der Waals surface area contributed by atoms with Crippen LogP contribution in [0.4, 0.5) is 11.5 Å². The maximum absolute atomic E-state index is 13.4. The first-order valence-corrected chi connectivity index (χ1v) is 10.3. The minimum Gasteiger partial charge on any atom is -0.306 e. The summed E-state index contributed by atoms with van der Waals surface area (Å²) < 4.78 is 1.41. The number of anilines is 2. The minimum absolute atomic E-state index is 0.307. The number of hydrogen-bond acceptors (Lipinski definition) is 6. The molecule has 0 bridgehead atoms. The van der Waals surface area contributed by atoms with E-state index in [4.69, 9.17) is 0 Å². The largest absolute Gasteiger partial charge is 0.306 e. The topological polar surface area (TPSA) is 101 Å². The summed E-state index contributed by atoms with van der Waals surface area (Å²) in [6.45, 7) is 3.46. The van der Waals surface area contributed by atoms with Gasteiger partial charge in [0.1, 0.15) is 11.6 Å². The van der Waals surface area contributed by atoms with Crippen molar-refractivity contribution < 1.29 is 4.79 Å². The molecule has 3 aromatic heterocycles. The first-order chi connectivity index (χ1) is 16.0. The van der Waals surface area contributed by atoms with E-state index in [0.29, 0.717) is 34.2 Å². The summed E-state index contributed by atoms with van der Waals surface area (Å²) in [5.74, 6) is 0.427. The Labute approximate surface area is 190 Å². The fraction of sp³-hybridized carbons (Fsp3) is 0.0800. The van der Waals surface area contributed by atoms with E-state index < -0.39 is 5.91 Å². The number of para-hydroxylation sites is 1. The zero-order chi connectivity index (χ0) is 23.2. The van der Waals surface area contributed by atoms with E-state index >= 15 is 0 Å². The summed E-state index contributed by atoms with van der Waals surface area (Å²) in [7, 11) is 0. The minimum atomic E-state index is -0.403. The molecule has 0 aliphatic rings. The second kappa shape index (κ2) is 9.69. The lowest BCUT2D eigenvalue weighted by molar-refractivity contribution is 0.102. The molecule has 2 N–H and O–H groups in total. The highest BCUT2D eigenvalue weighted by Crippen LogP contribution is 2.18. The van der Waals surface area contributed by atoms with Crippen LogP contribution in [0.5, 0.6) is 0 Å². The molecule has 0 spiro atoms. The Bertz CT molecular complexity index is 1350. The summed E-state index contributed by atoms with van der Waals surface area (Å²) in [6.07, 6.45) is 3.19. The molecule has 0 unspecified atom stereocenters. The van der Waals surface area contributed by atoms with Gasteiger partial charge in [-0.15, -0.1) is 0 Å². The molecule has 3 heterocycles. The van der Waals surface area contributed by atoms with Crippen molar-refractivity contribution in [1.82, 2.24) is 14.5 Å². The lowest BCUT2D eigenvalue weighted by Crippen LogP contribution is -2.29. The molecule has 0 saturated carbocycles. The molecule has 164 valence electrons. The Hall–Kier alpha value is -4.59. The molecule has 1 aromatic carbocycles. The Morgan fingerprint density at radius 3 is 2.30 bits per heavy atom. The molecule has 0 saturated heterocycles. The molecule has 4 aromatic rings. The number of carbonyl (C=O) groups excluding carboxylic acids is 1. The fourth-order valence-corrected chi connectivity index (χ4v) is 3.41. The Morgan fingerprint density at radius 1 is 0.939 bits per heavy atom. The number of nitrogens with zero attached hydrogens (tertiary/aromatic N) is 4. The average Bonchev–Trinajstić information content (AvgIpc) is 2.84. The average molecular weight is 438 g/mol. The van der Waals surface area contributed by atoms with E-state index in [-0.39, 0.29) is 5.56 Å². The highest BCUT2D eigenvalue weighted by Gasteiger charge is 2.22. The van der Waals surface area contributed by atoms with Crippen LogP contribution in [-0.2, 0) is 0 Å². The van der Waals surface area contributed by atoms with Gasteiger partial charge < -0.3 is 5.32 Å². The van der Waals surface area contributed by atoms with E-state index in [0.717, 1.165) is 5.69 Å². The van der Waals surface area contributed by atoms with E-state index in [1.54, 1.807) is 62.6 Å². The summed E-state index contributed by atoms with van der Waals surface area (Å²) in [5.41, 5.74) is 5.09. The monoisotopic (exact) mass is 438 g/mol. The van der Waals surface area contributed by atoms with Crippen LogP contribution in [0.1, 0.15) is 28.5 Å². The number of benzene rings is 1. The molecule has 4 rings (SSSR count). The van der Waals surface area contributed by atoms with Gasteiger partial charge in [0.05, 0.1) is 17.0 Å². The van der Waals surface area contributed by atoms with Gasteiger partial charge in [0, 0.05) is 29.7 Å². The quantitative estimate of drug-likeness (QED) is 0.350. The molecule has 0 aliphatic heterocycles. The number of pyridine rings is 3. The van der Waals surface area contributed by atoms with Crippen molar-refractivity contribution in [3.8, 4) is 5.82 Å².